The standard InChI is InChI=1S/C24H16ClN5O3/c1-32-19-9-8-14(11-16(19)25)30-22-20(21-23(30)28-18-7-3-2-6-17(18)27-21)24(31)29(13-26-22)12-15-5-4-10-33-15/h2-11,13H,12H2,1H3. The van der Waals surface area contributed by atoms with Crippen LogP contribution in [0, 0.1) is 0 Å². The number of hydrogen-bond donors (Lipinski definition) is 0. The smallest absolute Gasteiger partial charge is 0.265 e. The van der Waals surface area contributed by atoms with Crippen LogP contribution in [0.15, 0.2) is 76.4 Å². The molecule has 4 heterocycles. The fourth-order valence-electron chi connectivity index (χ4n) is 3.99. The maximum atomic E-state index is 13.6. The molecule has 0 saturated carbocycles. The molecule has 0 aliphatic heterocycles. The van der Waals surface area contributed by atoms with E-state index in [9.17, 15) is 4.79 Å². The Kier molecular flexibility index (Phi) is 4.41. The van der Waals surface area contributed by atoms with Crippen molar-refractivity contribution in [2.45, 2.75) is 6.54 Å². The van der Waals surface area contributed by atoms with Gasteiger partial charge in [-0.2, -0.15) is 0 Å². The second-order valence-corrected chi connectivity index (χ2v) is 7.90. The number of halogens is 1. The predicted octanol–water partition coefficient (Wildman–Crippen LogP) is 4.59. The Bertz CT molecular complexity index is 1720. The van der Waals surface area contributed by atoms with Gasteiger partial charge in [0.05, 0.1) is 41.7 Å². The van der Waals surface area contributed by atoms with Crippen LogP contribution < -0.4 is 10.3 Å². The van der Waals surface area contributed by atoms with Gasteiger partial charge in [-0.15, -0.1) is 0 Å². The highest BCUT2D eigenvalue weighted by Crippen LogP contribution is 2.32. The van der Waals surface area contributed by atoms with E-state index in [-0.39, 0.29) is 12.1 Å². The summed E-state index contributed by atoms with van der Waals surface area (Å²) in [4.78, 5) is 27.8. The van der Waals surface area contributed by atoms with Crippen LogP contribution in [0.4, 0.5) is 0 Å². The molecule has 0 bridgehead atoms. The van der Waals surface area contributed by atoms with Crippen molar-refractivity contribution in [1.29, 1.82) is 0 Å². The van der Waals surface area contributed by atoms with Gasteiger partial charge in [0.15, 0.2) is 11.3 Å². The van der Waals surface area contributed by atoms with Crippen LogP contribution in [0.5, 0.6) is 5.75 Å². The van der Waals surface area contributed by atoms with Crippen LogP contribution in [0.3, 0.4) is 0 Å². The first-order chi connectivity index (χ1) is 16.1. The molecule has 0 unspecified atom stereocenters. The molecule has 4 aromatic heterocycles. The first kappa shape index (κ1) is 19.5. The number of nitrogens with zero attached hydrogens (tertiary/aromatic N) is 5. The molecule has 6 rings (SSSR count). The highest BCUT2D eigenvalue weighted by atomic mass is 35.5. The number of rotatable bonds is 4. The third kappa shape index (κ3) is 3.07. The van der Waals surface area contributed by atoms with Gasteiger partial charge in [0.2, 0.25) is 0 Å². The first-order valence-electron chi connectivity index (χ1n) is 10.2. The fourth-order valence-corrected chi connectivity index (χ4v) is 4.25. The molecule has 162 valence electrons. The van der Waals surface area contributed by atoms with Crippen molar-refractivity contribution in [3.05, 3.63) is 88.3 Å². The lowest BCUT2D eigenvalue weighted by molar-refractivity contribution is 0.415. The lowest BCUT2D eigenvalue weighted by Gasteiger charge is -2.09. The van der Waals surface area contributed by atoms with Crippen LogP contribution in [-0.2, 0) is 6.54 Å². The first-order valence-corrected chi connectivity index (χ1v) is 10.5. The fraction of sp³-hybridized carbons (Fsp3) is 0.0833. The van der Waals surface area contributed by atoms with E-state index < -0.39 is 0 Å². The summed E-state index contributed by atoms with van der Waals surface area (Å²) in [6.07, 6.45) is 3.08. The minimum Gasteiger partial charge on any atom is -0.495 e. The van der Waals surface area contributed by atoms with Gasteiger partial charge in [0, 0.05) is 0 Å². The molecule has 33 heavy (non-hydrogen) atoms. The third-order valence-electron chi connectivity index (χ3n) is 5.53. The summed E-state index contributed by atoms with van der Waals surface area (Å²) < 4.78 is 14.0. The lowest BCUT2D eigenvalue weighted by Crippen LogP contribution is -2.21. The summed E-state index contributed by atoms with van der Waals surface area (Å²) in [5, 5.41) is 0.814. The number of aromatic nitrogens is 5. The zero-order chi connectivity index (χ0) is 22.5. The average Bonchev–Trinajstić information content (AvgIpc) is 3.45. The number of ether oxygens (including phenoxy) is 1. The molecule has 0 amide bonds. The van der Waals surface area contributed by atoms with Crippen LogP contribution in [0.2, 0.25) is 5.02 Å². The molecular weight excluding hydrogens is 442 g/mol. The molecule has 0 aliphatic carbocycles. The Morgan fingerprint density at radius 3 is 2.58 bits per heavy atom. The largest absolute Gasteiger partial charge is 0.495 e. The van der Waals surface area contributed by atoms with E-state index in [1.807, 2.05) is 36.4 Å². The quantitative estimate of drug-likeness (QED) is 0.385. The molecule has 0 spiro atoms. The molecular formula is C24H16ClN5O3. The molecule has 6 aromatic rings. The summed E-state index contributed by atoms with van der Waals surface area (Å²) in [5.41, 5.74) is 3.31. The number of methoxy groups -OCH3 is 1. The monoisotopic (exact) mass is 457 g/mol. The molecule has 2 aromatic carbocycles. The number of benzene rings is 2. The van der Waals surface area contributed by atoms with E-state index in [0.29, 0.717) is 55.5 Å². The van der Waals surface area contributed by atoms with Gasteiger partial charge >= 0.3 is 0 Å². The summed E-state index contributed by atoms with van der Waals surface area (Å²) in [6.45, 7) is 0.261. The Hall–Kier alpha value is -4.17. The maximum absolute atomic E-state index is 13.6. The second kappa shape index (κ2) is 7.46. The number of hydrogen-bond acceptors (Lipinski definition) is 6. The van der Waals surface area contributed by atoms with Gasteiger partial charge in [0.25, 0.3) is 5.56 Å². The molecule has 0 aliphatic rings. The van der Waals surface area contributed by atoms with Gasteiger partial charge in [-0.3, -0.25) is 13.9 Å². The summed E-state index contributed by atoms with van der Waals surface area (Å²) in [7, 11) is 1.56. The van der Waals surface area contributed by atoms with Crippen LogP contribution in [-0.4, -0.2) is 31.2 Å². The predicted molar refractivity (Wildman–Crippen MR) is 125 cm³/mol. The van der Waals surface area contributed by atoms with Crippen molar-refractivity contribution in [1.82, 2.24) is 24.1 Å². The van der Waals surface area contributed by atoms with E-state index in [2.05, 4.69) is 4.98 Å². The SMILES string of the molecule is COc1ccc(-n2c3nc4ccccc4nc3c3c(=O)n(Cc4ccco4)cnc32)cc1Cl. The zero-order valence-electron chi connectivity index (χ0n) is 17.4. The van der Waals surface area contributed by atoms with Crippen LogP contribution >= 0.6 is 11.6 Å². The topological polar surface area (TPSA) is 88.0 Å². The second-order valence-electron chi connectivity index (χ2n) is 7.49. The Labute approximate surface area is 191 Å². The summed E-state index contributed by atoms with van der Waals surface area (Å²) in [5.74, 6) is 1.20. The van der Waals surface area contributed by atoms with E-state index >= 15 is 0 Å². The lowest BCUT2D eigenvalue weighted by atomic mass is 10.3. The van der Waals surface area contributed by atoms with Gasteiger partial charge in [0.1, 0.15) is 28.7 Å². The zero-order valence-corrected chi connectivity index (χ0v) is 18.2. The normalized spacial score (nSPS) is 11.6. The van der Waals surface area contributed by atoms with Gasteiger partial charge in [-0.25, -0.2) is 15.0 Å². The molecule has 8 nitrogen and oxygen atoms in total. The molecule has 0 saturated heterocycles. The molecule has 0 radical (unpaired) electrons. The minimum atomic E-state index is -0.232. The van der Waals surface area contributed by atoms with Crippen molar-refractivity contribution in [3.8, 4) is 11.4 Å². The van der Waals surface area contributed by atoms with Gasteiger partial charge in [-0.05, 0) is 42.5 Å². The van der Waals surface area contributed by atoms with Gasteiger partial charge in [-0.1, -0.05) is 23.7 Å². The minimum absolute atomic E-state index is 0.232. The molecule has 9 heteroatoms. The summed E-state index contributed by atoms with van der Waals surface area (Å²) in [6, 6.07) is 16.5. The van der Waals surface area contributed by atoms with Gasteiger partial charge < -0.3 is 9.15 Å². The molecule has 0 fully saturated rings. The number of para-hydroxylation sites is 2. The number of furan rings is 1. The van der Waals surface area contributed by atoms with E-state index in [1.165, 1.54) is 10.9 Å². The highest BCUT2D eigenvalue weighted by Gasteiger charge is 2.21. The molecule has 0 N–H and O–H groups in total. The van der Waals surface area contributed by atoms with Crippen molar-refractivity contribution < 1.29 is 9.15 Å². The van der Waals surface area contributed by atoms with Crippen LogP contribution in [0.25, 0.3) is 38.9 Å². The Morgan fingerprint density at radius 2 is 1.85 bits per heavy atom. The average molecular weight is 458 g/mol. The third-order valence-corrected chi connectivity index (χ3v) is 5.83. The van der Waals surface area contributed by atoms with E-state index in [0.717, 1.165) is 0 Å². The van der Waals surface area contributed by atoms with Crippen LogP contribution in [0.1, 0.15) is 5.76 Å². The van der Waals surface area contributed by atoms with Crippen molar-refractivity contribution >= 4 is 44.8 Å². The van der Waals surface area contributed by atoms with Crippen molar-refractivity contribution in [2.24, 2.45) is 0 Å². The highest BCUT2D eigenvalue weighted by molar-refractivity contribution is 6.32. The Balaban J connectivity index is 1.71. The molecule has 0 atom stereocenters. The van der Waals surface area contributed by atoms with E-state index in [4.69, 9.17) is 30.7 Å². The van der Waals surface area contributed by atoms with Crippen molar-refractivity contribution in [3.63, 3.8) is 0 Å². The maximum Gasteiger partial charge on any atom is 0.265 e. The van der Waals surface area contributed by atoms with E-state index in [1.54, 1.807) is 36.1 Å². The summed E-state index contributed by atoms with van der Waals surface area (Å²) >= 11 is 6.41. The number of fused-ring (bicyclic) bond motifs is 4. The Morgan fingerprint density at radius 1 is 1.03 bits per heavy atom. The van der Waals surface area contributed by atoms with Crippen molar-refractivity contribution in [2.75, 3.05) is 7.11 Å².